The smallest absolute Gasteiger partial charge is 0.233 e. The zero-order valence-electron chi connectivity index (χ0n) is 16.5. The molecule has 2 aromatic rings. The molecule has 0 spiro atoms. The molecule has 0 N–H and O–H groups in total. The van der Waals surface area contributed by atoms with Crippen LogP contribution in [0.25, 0.3) is 11.4 Å². The maximum Gasteiger partial charge on any atom is 0.233 e. The van der Waals surface area contributed by atoms with Gasteiger partial charge in [-0.1, -0.05) is 42.4 Å². The highest BCUT2D eigenvalue weighted by molar-refractivity contribution is 7.99. The molecular weight excluding hydrogens is 360 g/mol. The van der Waals surface area contributed by atoms with Crippen molar-refractivity contribution in [3.8, 4) is 11.4 Å². The highest BCUT2D eigenvalue weighted by Crippen LogP contribution is 2.25. The van der Waals surface area contributed by atoms with Crippen LogP contribution in [0, 0.1) is 6.92 Å². The van der Waals surface area contributed by atoms with E-state index in [-0.39, 0.29) is 18.1 Å². The number of ether oxygens (including phenoxy) is 1. The summed E-state index contributed by atoms with van der Waals surface area (Å²) in [6.07, 6.45) is 1.15. The second kappa shape index (κ2) is 8.89. The Bertz CT molecular complexity index is 782. The van der Waals surface area contributed by atoms with Gasteiger partial charge in [0.1, 0.15) is 0 Å². The summed E-state index contributed by atoms with van der Waals surface area (Å²) < 4.78 is 7.84. The zero-order chi connectivity index (χ0) is 19.4. The molecule has 1 aliphatic rings. The van der Waals surface area contributed by atoms with Crippen LogP contribution in [0.5, 0.6) is 0 Å². The van der Waals surface area contributed by atoms with Gasteiger partial charge in [-0.2, -0.15) is 0 Å². The number of rotatable bonds is 6. The van der Waals surface area contributed by atoms with E-state index in [4.69, 9.17) is 4.74 Å². The van der Waals surface area contributed by atoms with E-state index in [9.17, 15) is 4.79 Å². The van der Waals surface area contributed by atoms with Crippen molar-refractivity contribution in [3.05, 3.63) is 29.8 Å². The van der Waals surface area contributed by atoms with Gasteiger partial charge in [0.2, 0.25) is 5.91 Å². The number of morpholine rings is 1. The maximum absolute atomic E-state index is 12.6. The fourth-order valence-corrected chi connectivity index (χ4v) is 4.28. The van der Waals surface area contributed by atoms with E-state index in [2.05, 4.69) is 46.8 Å². The Morgan fingerprint density at radius 2 is 2.00 bits per heavy atom. The number of thioether (sulfide) groups is 1. The van der Waals surface area contributed by atoms with E-state index < -0.39 is 0 Å². The monoisotopic (exact) mass is 388 g/mol. The van der Waals surface area contributed by atoms with Crippen LogP contribution in [-0.4, -0.2) is 56.6 Å². The first-order valence-electron chi connectivity index (χ1n) is 9.54. The Hall–Kier alpha value is -1.86. The van der Waals surface area contributed by atoms with Gasteiger partial charge in [-0.05, 0) is 33.3 Å². The summed E-state index contributed by atoms with van der Waals surface area (Å²) in [5.41, 5.74) is 2.25. The topological polar surface area (TPSA) is 60.2 Å². The summed E-state index contributed by atoms with van der Waals surface area (Å²) in [5.74, 6) is 1.36. The summed E-state index contributed by atoms with van der Waals surface area (Å²) >= 11 is 1.47. The second-order valence-corrected chi connectivity index (χ2v) is 8.11. The Morgan fingerprint density at radius 3 is 2.67 bits per heavy atom. The lowest BCUT2D eigenvalue weighted by Crippen LogP contribution is -2.48. The third-order valence-corrected chi connectivity index (χ3v) is 5.49. The first-order chi connectivity index (χ1) is 13.0. The number of amides is 1. The number of aryl methyl sites for hydroxylation is 1. The molecule has 2 heterocycles. The van der Waals surface area contributed by atoms with Crippen LogP contribution in [0.4, 0.5) is 0 Å². The minimum Gasteiger partial charge on any atom is -0.372 e. The molecule has 0 unspecified atom stereocenters. The van der Waals surface area contributed by atoms with Gasteiger partial charge in [-0.3, -0.25) is 4.79 Å². The van der Waals surface area contributed by atoms with Crippen molar-refractivity contribution in [1.82, 2.24) is 19.7 Å². The van der Waals surface area contributed by atoms with Crippen LogP contribution in [-0.2, 0) is 16.1 Å². The van der Waals surface area contributed by atoms with E-state index in [1.54, 1.807) is 0 Å². The number of benzene rings is 1. The fourth-order valence-electron chi connectivity index (χ4n) is 3.42. The Kier molecular flexibility index (Phi) is 6.55. The van der Waals surface area contributed by atoms with Gasteiger partial charge in [0.25, 0.3) is 0 Å². The second-order valence-electron chi connectivity index (χ2n) is 7.17. The summed E-state index contributed by atoms with van der Waals surface area (Å²) in [6, 6.07) is 8.28. The minimum absolute atomic E-state index is 0.0827. The van der Waals surface area contributed by atoms with Crippen molar-refractivity contribution in [3.63, 3.8) is 0 Å². The van der Waals surface area contributed by atoms with Crippen LogP contribution in [0.15, 0.2) is 29.4 Å². The molecule has 27 heavy (non-hydrogen) atoms. The van der Waals surface area contributed by atoms with E-state index in [0.29, 0.717) is 18.8 Å². The number of hydrogen-bond donors (Lipinski definition) is 0. The number of nitrogens with zero attached hydrogens (tertiary/aromatic N) is 4. The number of hydrogen-bond acceptors (Lipinski definition) is 5. The third-order valence-electron chi connectivity index (χ3n) is 4.54. The molecule has 1 fully saturated rings. The molecule has 1 aromatic heterocycles. The third kappa shape index (κ3) is 4.90. The average molecular weight is 389 g/mol. The molecule has 1 amide bonds. The van der Waals surface area contributed by atoms with E-state index in [1.807, 2.05) is 24.8 Å². The van der Waals surface area contributed by atoms with Crippen LogP contribution >= 0.6 is 11.8 Å². The standard InChI is InChI=1S/C20H28N4O2S/c1-5-9-24-19(17-8-6-7-14(2)10-17)21-22-20(24)27-13-18(25)23-11-15(3)26-16(4)12-23/h6-8,10,15-16H,5,9,11-13H2,1-4H3/t15-,16+. The molecule has 2 atom stereocenters. The number of carbonyl (C=O) groups is 1. The lowest BCUT2D eigenvalue weighted by atomic mass is 10.1. The van der Waals surface area contributed by atoms with Crippen molar-refractivity contribution in [2.75, 3.05) is 18.8 Å². The lowest BCUT2D eigenvalue weighted by Gasteiger charge is -2.35. The molecule has 1 saturated heterocycles. The predicted molar refractivity (Wildman–Crippen MR) is 108 cm³/mol. The van der Waals surface area contributed by atoms with Gasteiger partial charge in [-0.15, -0.1) is 10.2 Å². The minimum atomic E-state index is 0.0827. The molecule has 0 saturated carbocycles. The lowest BCUT2D eigenvalue weighted by molar-refractivity contribution is -0.140. The first-order valence-corrected chi connectivity index (χ1v) is 10.5. The van der Waals surface area contributed by atoms with Gasteiger partial charge in [0, 0.05) is 25.2 Å². The van der Waals surface area contributed by atoms with Crippen molar-refractivity contribution in [1.29, 1.82) is 0 Å². The Balaban J connectivity index is 1.72. The Labute approximate surface area is 165 Å². The highest BCUT2D eigenvalue weighted by Gasteiger charge is 2.26. The maximum atomic E-state index is 12.6. The van der Waals surface area contributed by atoms with Gasteiger partial charge >= 0.3 is 0 Å². The Morgan fingerprint density at radius 1 is 1.26 bits per heavy atom. The van der Waals surface area contributed by atoms with E-state index >= 15 is 0 Å². The molecule has 3 rings (SSSR count). The molecule has 0 aliphatic carbocycles. The van der Waals surface area contributed by atoms with Gasteiger partial charge < -0.3 is 14.2 Å². The largest absolute Gasteiger partial charge is 0.372 e. The molecule has 146 valence electrons. The van der Waals surface area contributed by atoms with E-state index in [0.717, 1.165) is 29.5 Å². The van der Waals surface area contributed by atoms with Crippen molar-refractivity contribution in [2.45, 2.75) is 58.0 Å². The van der Waals surface area contributed by atoms with Gasteiger partial charge in [-0.25, -0.2) is 0 Å². The van der Waals surface area contributed by atoms with Crippen molar-refractivity contribution < 1.29 is 9.53 Å². The SMILES string of the molecule is CCCn1c(SCC(=O)N2C[C@@H](C)O[C@@H](C)C2)nnc1-c1cccc(C)c1. The average Bonchev–Trinajstić information content (AvgIpc) is 3.02. The molecule has 6 nitrogen and oxygen atoms in total. The van der Waals surface area contributed by atoms with Crippen molar-refractivity contribution >= 4 is 17.7 Å². The van der Waals surface area contributed by atoms with Gasteiger partial charge in [0.05, 0.1) is 18.0 Å². The van der Waals surface area contributed by atoms with Crippen LogP contribution in [0.2, 0.25) is 0 Å². The molecular formula is C20H28N4O2S. The fraction of sp³-hybridized carbons (Fsp3) is 0.550. The summed E-state index contributed by atoms with van der Waals surface area (Å²) in [7, 11) is 0. The van der Waals surface area contributed by atoms with E-state index in [1.165, 1.54) is 17.3 Å². The van der Waals surface area contributed by atoms with Crippen molar-refractivity contribution in [2.24, 2.45) is 0 Å². The number of aromatic nitrogens is 3. The first kappa shape index (κ1) is 19.9. The molecule has 7 heteroatoms. The summed E-state index contributed by atoms with van der Waals surface area (Å²) in [5, 5.41) is 9.58. The zero-order valence-corrected chi connectivity index (χ0v) is 17.3. The molecule has 0 radical (unpaired) electrons. The summed E-state index contributed by atoms with van der Waals surface area (Å²) in [6.45, 7) is 10.4. The quantitative estimate of drug-likeness (QED) is 0.710. The van der Waals surface area contributed by atoms with Crippen LogP contribution < -0.4 is 0 Å². The van der Waals surface area contributed by atoms with Gasteiger partial charge in [0.15, 0.2) is 11.0 Å². The predicted octanol–water partition coefficient (Wildman–Crippen LogP) is 3.39. The normalized spacial score (nSPS) is 20.1. The number of carbonyl (C=O) groups excluding carboxylic acids is 1. The highest BCUT2D eigenvalue weighted by atomic mass is 32.2. The molecule has 1 aliphatic heterocycles. The summed E-state index contributed by atoms with van der Waals surface area (Å²) in [4.78, 5) is 14.5. The molecule has 0 bridgehead atoms. The molecule has 1 aromatic carbocycles. The van der Waals surface area contributed by atoms with Crippen LogP contribution in [0.1, 0.15) is 32.8 Å². The van der Waals surface area contributed by atoms with Crippen LogP contribution in [0.3, 0.4) is 0 Å².